The molecule has 1 N–H and O–H groups in total. The van der Waals surface area contributed by atoms with Crippen molar-refractivity contribution in [2.75, 3.05) is 13.2 Å². The SMILES string of the molecule is C=C1CC[C@@H](CC[C@H]2CC[C@]3(OC2)OC(=O)[C@@]2(O)C[C@]3(C)OC2(C)C)C(C)(C)[C@H]1[C@H](/C=C1/CCOC1=O)OC(C)=O. The number of rotatable bonds is 6. The van der Waals surface area contributed by atoms with Gasteiger partial charge in [0.2, 0.25) is 5.79 Å². The number of esters is 3. The Bertz CT molecular complexity index is 1140. The highest BCUT2D eigenvalue weighted by molar-refractivity contribution is 5.90. The summed E-state index contributed by atoms with van der Waals surface area (Å²) in [6.07, 6.45) is 6.92. The average molecular weight is 575 g/mol. The zero-order valence-corrected chi connectivity index (χ0v) is 25.4. The maximum atomic E-state index is 12.9. The van der Waals surface area contributed by atoms with Gasteiger partial charge >= 0.3 is 17.9 Å². The number of hydrogen-bond acceptors (Lipinski definition) is 9. The summed E-state index contributed by atoms with van der Waals surface area (Å²) in [6.45, 7) is 16.3. The second kappa shape index (κ2) is 10.2. The number of carbonyl (C=O) groups is 3. The molecule has 4 saturated heterocycles. The highest BCUT2D eigenvalue weighted by Crippen LogP contribution is 2.58. The van der Waals surface area contributed by atoms with Gasteiger partial charge in [-0.2, -0.15) is 0 Å². The Morgan fingerprint density at radius 1 is 1.15 bits per heavy atom. The fourth-order valence-electron chi connectivity index (χ4n) is 8.25. The van der Waals surface area contributed by atoms with Crippen molar-refractivity contribution in [3.05, 3.63) is 23.8 Å². The van der Waals surface area contributed by atoms with Crippen LogP contribution < -0.4 is 0 Å². The summed E-state index contributed by atoms with van der Waals surface area (Å²) < 4.78 is 29.4. The normalized spacial score (nSPS) is 41.3. The molecule has 0 amide bonds. The lowest BCUT2D eigenvalue weighted by Crippen LogP contribution is -2.65. The van der Waals surface area contributed by atoms with E-state index in [1.165, 1.54) is 6.92 Å². The molecule has 5 aliphatic rings. The molecule has 0 aromatic heterocycles. The molecule has 5 rings (SSSR count). The molecule has 41 heavy (non-hydrogen) atoms. The van der Waals surface area contributed by atoms with E-state index in [1.807, 2.05) is 6.92 Å². The lowest BCUT2D eigenvalue weighted by atomic mass is 9.57. The molecule has 0 aromatic carbocycles. The molecule has 7 atom stereocenters. The summed E-state index contributed by atoms with van der Waals surface area (Å²) in [5.74, 6) is -2.09. The Balaban J connectivity index is 1.25. The zero-order chi connectivity index (χ0) is 30.0. The van der Waals surface area contributed by atoms with E-state index in [2.05, 4.69) is 20.4 Å². The summed E-state index contributed by atoms with van der Waals surface area (Å²) in [5, 5.41) is 11.0. The molecule has 5 fully saturated rings. The zero-order valence-electron chi connectivity index (χ0n) is 25.4. The van der Waals surface area contributed by atoms with Crippen LogP contribution in [0.4, 0.5) is 0 Å². The minimum absolute atomic E-state index is 0.125. The van der Waals surface area contributed by atoms with Crippen LogP contribution in [0.5, 0.6) is 0 Å². The van der Waals surface area contributed by atoms with Gasteiger partial charge in [0, 0.05) is 37.7 Å². The van der Waals surface area contributed by atoms with E-state index in [0.29, 0.717) is 37.5 Å². The second-order valence-corrected chi connectivity index (χ2v) is 14.2. The van der Waals surface area contributed by atoms with Gasteiger partial charge in [-0.1, -0.05) is 26.0 Å². The van der Waals surface area contributed by atoms with Crippen molar-refractivity contribution in [2.24, 2.45) is 23.2 Å². The Kier molecular flexibility index (Phi) is 7.52. The van der Waals surface area contributed by atoms with Crippen LogP contribution in [-0.2, 0) is 38.1 Å². The van der Waals surface area contributed by atoms with Gasteiger partial charge in [0.15, 0.2) is 5.60 Å². The summed E-state index contributed by atoms with van der Waals surface area (Å²) in [4.78, 5) is 37.2. The van der Waals surface area contributed by atoms with E-state index in [1.54, 1.807) is 19.9 Å². The third-order valence-corrected chi connectivity index (χ3v) is 10.8. The lowest BCUT2D eigenvalue weighted by molar-refractivity contribution is -0.334. The van der Waals surface area contributed by atoms with E-state index in [0.717, 1.165) is 37.7 Å². The van der Waals surface area contributed by atoms with Crippen molar-refractivity contribution in [1.29, 1.82) is 0 Å². The first-order chi connectivity index (χ1) is 19.0. The molecule has 4 aliphatic heterocycles. The first kappa shape index (κ1) is 30.2. The average Bonchev–Trinajstić information content (AvgIpc) is 3.34. The number of ether oxygens (including phenoxy) is 5. The predicted octanol–water partition coefficient (Wildman–Crippen LogP) is 4.55. The first-order valence-corrected chi connectivity index (χ1v) is 15.1. The Labute approximate surface area is 242 Å². The Hall–Kier alpha value is -2.23. The molecule has 9 nitrogen and oxygen atoms in total. The van der Waals surface area contributed by atoms with Crippen LogP contribution in [-0.4, -0.2) is 64.9 Å². The van der Waals surface area contributed by atoms with Crippen LogP contribution in [0.3, 0.4) is 0 Å². The standard InChI is InChI=1S/C32H46O9/c1-19-8-10-23(28(3,4)25(19)24(39-20(2)33)16-22-13-15-37-26(22)34)11-9-21-12-14-32(38-17-21)30(7)18-31(36,27(35)40-32)29(5,6)41-30/h16,21,23-25,36H,1,8-15,17-18H2,2-7H3/b22-16-/t21-,23-,24-,25+,30-,31-,32-/m0/s1. The van der Waals surface area contributed by atoms with Crippen LogP contribution in [0.25, 0.3) is 0 Å². The molecule has 4 heterocycles. The Morgan fingerprint density at radius 2 is 1.88 bits per heavy atom. The monoisotopic (exact) mass is 574 g/mol. The molecular weight excluding hydrogens is 528 g/mol. The third kappa shape index (κ3) is 4.95. The fourth-order valence-corrected chi connectivity index (χ4v) is 8.25. The molecule has 0 aromatic rings. The lowest BCUT2D eigenvalue weighted by Gasteiger charge is -2.51. The van der Waals surface area contributed by atoms with Gasteiger partial charge in [0.05, 0.1) is 13.2 Å². The van der Waals surface area contributed by atoms with Crippen molar-refractivity contribution in [1.82, 2.24) is 0 Å². The second-order valence-electron chi connectivity index (χ2n) is 14.2. The highest BCUT2D eigenvalue weighted by Gasteiger charge is 2.75. The van der Waals surface area contributed by atoms with Gasteiger partial charge in [-0.15, -0.1) is 0 Å². The van der Waals surface area contributed by atoms with Crippen LogP contribution in [0.1, 0.15) is 92.9 Å². The highest BCUT2D eigenvalue weighted by atomic mass is 16.8. The van der Waals surface area contributed by atoms with Crippen LogP contribution >= 0.6 is 0 Å². The summed E-state index contributed by atoms with van der Waals surface area (Å²) in [5.41, 5.74) is -2.30. The van der Waals surface area contributed by atoms with E-state index in [9.17, 15) is 19.5 Å². The summed E-state index contributed by atoms with van der Waals surface area (Å²) >= 11 is 0. The number of cyclic esters (lactones) is 1. The topological polar surface area (TPSA) is 118 Å². The minimum atomic E-state index is -1.68. The van der Waals surface area contributed by atoms with Gasteiger partial charge in [-0.05, 0) is 76.2 Å². The Morgan fingerprint density at radius 3 is 2.49 bits per heavy atom. The fraction of sp³-hybridized carbons (Fsp3) is 0.781. The number of fused-ring (bicyclic) bond motifs is 3. The number of hydrogen-bond donors (Lipinski definition) is 1. The van der Waals surface area contributed by atoms with Crippen molar-refractivity contribution < 1.29 is 43.2 Å². The molecule has 1 saturated carbocycles. The molecule has 9 heteroatoms. The summed E-state index contributed by atoms with van der Waals surface area (Å²) in [7, 11) is 0. The van der Waals surface area contributed by atoms with E-state index < -0.39 is 34.7 Å². The van der Waals surface area contributed by atoms with E-state index >= 15 is 0 Å². The predicted molar refractivity (Wildman–Crippen MR) is 148 cm³/mol. The molecule has 0 unspecified atom stereocenters. The van der Waals surface area contributed by atoms with Gasteiger partial charge in [0.1, 0.15) is 17.3 Å². The minimum Gasteiger partial charge on any atom is -0.462 e. The van der Waals surface area contributed by atoms with Crippen LogP contribution in [0, 0.1) is 23.2 Å². The van der Waals surface area contributed by atoms with Crippen molar-refractivity contribution in [3.63, 3.8) is 0 Å². The third-order valence-electron chi connectivity index (χ3n) is 10.8. The van der Waals surface area contributed by atoms with Crippen LogP contribution in [0.15, 0.2) is 23.8 Å². The maximum absolute atomic E-state index is 12.9. The van der Waals surface area contributed by atoms with Gasteiger partial charge in [-0.25, -0.2) is 9.59 Å². The van der Waals surface area contributed by atoms with Crippen molar-refractivity contribution in [3.8, 4) is 0 Å². The number of carbonyl (C=O) groups excluding carboxylic acids is 3. The summed E-state index contributed by atoms with van der Waals surface area (Å²) in [6, 6.07) is 0. The van der Waals surface area contributed by atoms with E-state index in [4.69, 9.17) is 23.7 Å². The van der Waals surface area contributed by atoms with Crippen molar-refractivity contribution >= 4 is 17.9 Å². The number of aliphatic hydroxyl groups is 1. The van der Waals surface area contributed by atoms with Gasteiger partial charge in [-0.3, -0.25) is 4.79 Å². The van der Waals surface area contributed by atoms with Crippen molar-refractivity contribution in [2.45, 2.75) is 122 Å². The molecule has 0 radical (unpaired) electrons. The molecule has 228 valence electrons. The molecule has 1 spiro atoms. The molecular formula is C32H46O9. The maximum Gasteiger partial charge on any atom is 0.343 e. The smallest absolute Gasteiger partial charge is 0.343 e. The largest absolute Gasteiger partial charge is 0.462 e. The quantitative estimate of drug-likeness (QED) is 0.211. The molecule has 2 bridgehead atoms. The molecule has 1 aliphatic carbocycles. The first-order valence-electron chi connectivity index (χ1n) is 15.1. The van der Waals surface area contributed by atoms with Crippen LogP contribution in [0.2, 0.25) is 0 Å². The van der Waals surface area contributed by atoms with Gasteiger partial charge in [0.25, 0.3) is 0 Å². The van der Waals surface area contributed by atoms with Gasteiger partial charge < -0.3 is 28.8 Å². The van der Waals surface area contributed by atoms with E-state index in [-0.39, 0.29) is 35.6 Å².